The summed E-state index contributed by atoms with van der Waals surface area (Å²) in [6, 6.07) is 7.86. The van der Waals surface area contributed by atoms with Crippen LogP contribution >= 0.6 is 0 Å². The van der Waals surface area contributed by atoms with E-state index in [1.807, 2.05) is 31.2 Å². The lowest BCUT2D eigenvalue weighted by Crippen LogP contribution is -2.12. The van der Waals surface area contributed by atoms with E-state index in [4.69, 9.17) is 10.5 Å². The summed E-state index contributed by atoms with van der Waals surface area (Å²) >= 11 is 0. The fourth-order valence-electron chi connectivity index (χ4n) is 1.33. The predicted molar refractivity (Wildman–Crippen MR) is 58.9 cm³/mol. The summed E-state index contributed by atoms with van der Waals surface area (Å²) in [7, 11) is 0. The third kappa shape index (κ3) is 2.47. The Bertz CT molecular complexity index is 468. The molecule has 0 aliphatic rings. The largest absolute Gasteiger partial charge is 0.492 e. The van der Waals surface area contributed by atoms with Gasteiger partial charge in [-0.05, 0) is 35.0 Å². The van der Waals surface area contributed by atoms with E-state index in [1.165, 1.54) is 10.2 Å². The molecule has 1 aromatic carbocycles. The predicted octanol–water partition coefficient (Wildman–Crippen LogP) is 0.643. The summed E-state index contributed by atoms with van der Waals surface area (Å²) in [5, 5.41) is 10.7. The van der Waals surface area contributed by atoms with Gasteiger partial charge < -0.3 is 10.5 Å². The number of rotatable bonds is 4. The number of anilines is 1. The normalized spacial score (nSPS) is 10.3. The third-order valence-corrected chi connectivity index (χ3v) is 2.12. The number of hydrogen-bond donors (Lipinski definition) is 1. The number of aryl methyl sites for hydroxylation is 1. The van der Waals surface area contributed by atoms with E-state index in [0.29, 0.717) is 19.1 Å². The summed E-state index contributed by atoms with van der Waals surface area (Å²) in [6.07, 6.45) is 0. The number of hydrogen-bond acceptors (Lipinski definition) is 5. The molecule has 0 radical (unpaired) electrons. The van der Waals surface area contributed by atoms with E-state index >= 15 is 0 Å². The molecule has 6 nitrogen and oxygen atoms in total. The Kier molecular flexibility index (Phi) is 3.00. The summed E-state index contributed by atoms with van der Waals surface area (Å²) in [5.74, 6) is 1.14. The van der Waals surface area contributed by atoms with E-state index in [0.717, 1.165) is 5.75 Å². The monoisotopic (exact) mass is 219 g/mol. The van der Waals surface area contributed by atoms with Gasteiger partial charge in [0.15, 0.2) is 0 Å². The molecule has 16 heavy (non-hydrogen) atoms. The smallest absolute Gasteiger partial charge is 0.240 e. The van der Waals surface area contributed by atoms with Crippen LogP contribution in [-0.2, 0) is 6.54 Å². The fourth-order valence-corrected chi connectivity index (χ4v) is 1.33. The van der Waals surface area contributed by atoms with E-state index in [-0.39, 0.29) is 0 Å². The van der Waals surface area contributed by atoms with Crippen molar-refractivity contribution in [2.45, 2.75) is 13.5 Å². The first-order valence-electron chi connectivity index (χ1n) is 4.97. The van der Waals surface area contributed by atoms with Crippen molar-refractivity contribution in [1.82, 2.24) is 20.2 Å². The molecule has 0 saturated carbocycles. The highest BCUT2D eigenvalue weighted by Gasteiger charge is 2.00. The molecule has 6 heteroatoms. The van der Waals surface area contributed by atoms with Crippen LogP contribution in [0.3, 0.4) is 0 Å². The van der Waals surface area contributed by atoms with Crippen molar-refractivity contribution in [3.63, 3.8) is 0 Å². The van der Waals surface area contributed by atoms with E-state index < -0.39 is 0 Å². The average Bonchev–Trinajstić information content (AvgIpc) is 2.65. The molecule has 2 aromatic rings. The highest BCUT2D eigenvalue weighted by molar-refractivity contribution is 5.27. The second kappa shape index (κ2) is 4.61. The van der Waals surface area contributed by atoms with E-state index in [1.54, 1.807) is 0 Å². The first-order chi connectivity index (χ1) is 7.75. The van der Waals surface area contributed by atoms with Crippen LogP contribution in [0.2, 0.25) is 0 Å². The third-order valence-electron chi connectivity index (χ3n) is 2.12. The second-order valence-electron chi connectivity index (χ2n) is 3.43. The molecule has 0 amide bonds. The van der Waals surface area contributed by atoms with Gasteiger partial charge in [-0.15, -0.1) is 0 Å². The number of nitrogen functional groups attached to an aromatic ring is 1. The van der Waals surface area contributed by atoms with Gasteiger partial charge in [0.25, 0.3) is 0 Å². The Labute approximate surface area is 93.0 Å². The molecule has 0 aliphatic heterocycles. The van der Waals surface area contributed by atoms with Crippen molar-refractivity contribution in [2.24, 2.45) is 0 Å². The fraction of sp³-hybridized carbons (Fsp3) is 0.300. The lowest BCUT2D eigenvalue weighted by molar-refractivity contribution is 0.290. The Balaban J connectivity index is 1.87. The van der Waals surface area contributed by atoms with Crippen LogP contribution in [0.4, 0.5) is 5.95 Å². The van der Waals surface area contributed by atoms with Crippen molar-refractivity contribution in [2.75, 3.05) is 12.3 Å². The maximum absolute atomic E-state index is 5.54. The van der Waals surface area contributed by atoms with Crippen LogP contribution in [0.5, 0.6) is 5.75 Å². The highest BCUT2D eigenvalue weighted by atomic mass is 16.5. The van der Waals surface area contributed by atoms with Gasteiger partial charge in [-0.2, -0.15) is 0 Å². The molecule has 0 saturated heterocycles. The zero-order chi connectivity index (χ0) is 11.4. The molecule has 2 rings (SSSR count). The van der Waals surface area contributed by atoms with Crippen molar-refractivity contribution >= 4 is 5.95 Å². The molecular weight excluding hydrogens is 206 g/mol. The molecule has 0 unspecified atom stereocenters. The minimum Gasteiger partial charge on any atom is -0.492 e. The number of ether oxygens (including phenoxy) is 1. The zero-order valence-corrected chi connectivity index (χ0v) is 9.00. The van der Waals surface area contributed by atoms with Crippen LogP contribution in [0.25, 0.3) is 0 Å². The summed E-state index contributed by atoms with van der Waals surface area (Å²) in [5.41, 5.74) is 6.68. The molecule has 0 aliphatic carbocycles. The molecule has 0 fully saturated rings. The first-order valence-corrected chi connectivity index (χ1v) is 4.97. The minimum atomic E-state index is 0.299. The van der Waals surface area contributed by atoms with Crippen molar-refractivity contribution in [3.05, 3.63) is 29.8 Å². The molecule has 0 spiro atoms. The number of nitrogens with two attached hydrogens (primary N) is 1. The molecule has 84 valence electrons. The standard InChI is InChI=1S/C10H13N5O/c1-8-3-2-4-9(7-8)16-6-5-15-10(11)12-13-14-15/h2-4,7H,5-6H2,1H3,(H2,11,12,14). The van der Waals surface area contributed by atoms with Gasteiger partial charge >= 0.3 is 0 Å². The van der Waals surface area contributed by atoms with Crippen LogP contribution < -0.4 is 10.5 Å². The van der Waals surface area contributed by atoms with Crippen LogP contribution in [0, 0.1) is 6.92 Å². The van der Waals surface area contributed by atoms with Crippen molar-refractivity contribution in [3.8, 4) is 5.75 Å². The first kappa shape index (κ1) is 10.4. The van der Waals surface area contributed by atoms with Gasteiger partial charge in [0.1, 0.15) is 12.4 Å². The Hall–Kier alpha value is -2.11. The summed E-state index contributed by atoms with van der Waals surface area (Å²) < 4.78 is 7.04. The maximum atomic E-state index is 5.54. The zero-order valence-electron chi connectivity index (χ0n) is 9.00. The van der Waals surface area contributed by atoms with Gasteiger partial charge in [-0.25, -0.2) is 4.68 Å². The second-order valence-corrected chi connectivity index (χ2v) is 3.43. The molecule has 1 heterocycles. The molecular formula is C10H13N5O. The SMILES string of the molecule is Cc1cccc(OCCn2nnnc2N)c1. The van der Waals surface area contributed by atoms with Crippen LogP contribution in [0.15, 0.2) is 24.3 Å². The molecule has 0 bridgehead atoms. The van der Waals surface area contributed by atoms with Gasteiger partial charge in [-0.1, -0.05) is 17.2 Å². The van der Waals surface area contributed by atoms with Crippen LogP contribution in [-0.4, -0.2) is 26.8 Å². The van der Waals surface area contributed by atoms with Crippen molar-refractivity contribution in [1.29, 1.82) is 0 Å². The highest BCUT2D eigenvalue weighted by Crippen LogP contribution is 2.12. The topological polar surface area (TPSA) is 78.8 Å². The Morgan fingerprint density at radius 3 is 3.00 bits per heavy atom. The lowest BCUT2D eigenvalue weighted by Gasteiger charge is -2.06. The van der Waals surface area contributed by atoms with Gasteiger partial charge in [-0.3, -0.25) is 0 Å². The minimum absolute atomic E-state index is 0.299. The maximum Gasteiger partial charge on any atom is 0.240 e. The van der Waals surface area contributed by atoms with Crippen molar-refractivity contribution < 1.29 is 4.74 Å². The summed E-state index contributed by atoms with van der Waals surface area (Å²) in [6.45, 7) is 3.04. The Morgan fingerprint density at radius 2 is 2.31 bits per heavy atom. The number of benzene rings is 1. The molecule has 2 N–H and O–H groups in total. The molecule has 1 aromatic heterocycles. The Morgan fingerprint density at radius 1 is 1.44 bits per heavy atom. The number of nitrogens with zero attached hydrogens (tertiary/aromatic N) is 4. The van der Waals surface area contributed by atoms with Gasteiger partial charge in [0.2, 0.25) is 5.95 Å². The summed E-state index contributed by atoms with van der Waals surface area (Å²) in [4.78, 5) is 0. The average molecular weight is 219 g/mol. The van der Waals surface area contributed by atoms with Gasteiger partial charge in [0.05, 0.1) is 6.54 Å². The van der Waals surface area contributed by atoms with Crippen LogP contribution in [0.1, 0.15) is 5.56 Å². The lowest BCUT2D eigenvalue weighted by atomic mass is 10.2. The molecule has 0 atom stereocenters. The quantitative estimate of drug-likeness (QED) is 0.816. The van der Waals surface area contributed by atoms with E-state index in [9.17, 15) is 0 Å². The number of aromatic nitrogens is 4. The van der Waals surface area contributed by atoms with E-state index in [2.05, 4.69) is 15.5 Å². The van der Waals surface area contributed by atoms with Gasteiger partial charge in [0, 0.05) is 0 Å². The number of tetrazole rings is 1.